The van der Waals surface area contributed by atoms with Crippen molar-refractivity contribution in [2.75, 3.05) is 6.61 Å². The zero-order valence-electron chi connectivity index (χ0n) is 8.15. The first-order valence-corrected chi connectivity index (χ1v) is 4.56. The summed E-state index contributed by atoms with van der Waals surface area (Å²) in [7, 11) is 0. The highest BCUT2D eigenvalue weighted by molar-refractivity contribution is 5.70. The average molecular weight is 223 g/mol. The zero-order chi connectivity index (χ0) is 11.7. The van der Waals surface area contributed by atoms with Crippen molar-refractivity contribution in [2.24, 2.45) is 0 Å². The molecule has 0 aliphatic rings. The maximum Gasteiger partial charge on any atom is 0.397 e. The Kier molecular flexibility index (Phi) is 2.55. The van der Waals surface area contributed by atoms with Crippen LogP contribution in [0.1, 0.15) is 11.9 Å². The van der Waals surface area contributed by atoms with E-state index in [4.69, 9.17) is 5.11 Å². The van der Waals surface area contributed by atoms with Gasteiger partial charge in [-0.3, -0.25) is 0 Å². The fourth-order valence-corrected chi connectivity index (χ4v) is 1.39. The second-order valence-corrected chi connectivity index (χ2v) is 3.21. The van der Waals surface area contributed by atoms with Gasteiger partial charge in [0.25, 0.3) is 0 Å². The number of fused-ring (bicyclic) bond motifs is 1. The van der Waals surface area contributed by atoms with Gasteiger partial charge in [-0.25, -0.2) is 0 Å². The van der Waals surface area contributed by atoms with Gasteiger partial charge in [0.2, 0.25) is 5.52 Å². The van der Waals surface area contributed by atoms with E-state index in [1.165, 1.54) is 12.1 Å². The van der Waals surface area contributed by atoms with Crippen LogP contribution in [-0.4, -0.2) is 26.8 Å². The minimum atomic E-state index is -1.47. The van der Waals surface area contributed by atoms with Gasteiger partial charge in [0.05, 0.1) is 11.7 Å². The molecular weight excluding hydrogens is 214 g/mol. The zero-order valence-corrected chi connectivity index (χ0v) is 8.15. The monoisotopic (exact) mass is 223 g/mol. The van der Waals surface area contributed by atoms with Crippen molar-refractivity contribution in [1.29, 1.82) is 0 Å². The summed E-state index contributed by atoms with van der Waals surface area (Å²) in [5.41, 5.74) is 0.196. The van der Waals surface area contributed by atoms with E-state index in [-0.39, 0.29) is 15.9 Å². The third-order valence-corrected chi connectivity index (χ3v) is 2.18. The summed E-state index contributed by atoms with van der Waals surface area (Å²) >= 11 is 0. The van der Waals surface area contributed by atoms with Crippen molar-refractivity contribution < 1.29 is 14.6 Å². The van der Waals surface area contributed by atoms with Gasteiger partial charge < -0.3 is 15.4 Å². The van der Waals surface area contributed by atoms with Crippen LogP contribution in [0.4, 0.5) is 0 Å². The first kappa shape index (κ1) is 10.5. The molecule has 0 bridgehead atoms. The standard InChI is InChI=1S/C9H9N3O4/c13-5-8(14)9-10-12(16)7-4-2-1-3-6(7)11(9)15/h1-4,8,13-14H,5H2. The third-order valence-electron chi connectivity index (χ3n) is 2.18. The maximum atomic E-state index is 11.7. The molecule has 0 saturated carbocycles. The number of benzene rings is 1. The van der Waals surface area contributed by atoms with Gasteiger partial charge in [0, 0.05) is 4.43 Å². The number of para-hydroxylation sites is 2. The first-order chi connectivity index (χ1) is 7.65. The van der Waals surface area contributed by atoms with E-state index in [0.29, 0.717) is 4.43 Å². The Hall–Kier alpha value is -1.99. The molecule has 0 radical (unpaired) electrons. The molecule has 84 valence electrons. The molecule has 0 aliphatic carbocycles. The lowest BCUT2D eigenvalue weighted by atomic mass is 10.3. The molecule has 2 rings (SSSR count). The number of aliphatic hydroxyl groups is 2. The average Bonchev–Trinajstić information content (AvgIpc) is 2.33. The predicted molar refractivity (Wildman–Crippen MR) is 53.9 cm³/mol. The van der Waals surface area contributed by atoms with Gasteiger partial charge in [-0.05, 0) is 12.1 Å². The van der Waals surface area contributed by atoms with Crippen LogP contribution in [0.25, 0.3) is 11.0 Å². The fraction of sp³-hybridized carbons (Fsp3) is 0.222. The van der Waals surface area contributed by atoms with E-state index in [0.717, 1.165) is 0 Å². The van der Waals surface area contributed by atoms with Crippen LogP contribution >= 0.6 is 0 Å². The van der Waals surface area contributed by atoms with Crippen LogP contribution in [0.15, 0.2) is 24.3 Å². The van der Waals surface area contributed by atoms with E-state index < -0.39 is 18.5 Å². The van der Waals surface area contributed by atoms with Gasteiger partial charge in [-0.2, -0.15) is 4.85 Å². The number of rotatable bonds is 2. The van der Waals surface area contributed by atoms with Crippen molar-refractivity contribution in [3.63, 3.8) is 0 Å². The Bertz CT molecular complexity index is 580. The molecule has 16 heavy (non-hydrogen) atoms. The molecule has 0 aliphatic heterocycles. The summed E-state index contributed by atoms with van der Waals surface area (Å²) in [5.74, 6) is -0.420. The van der Waals surface area contributed by atoms with Crippen LogP contribution < -0.4 is 4.43 Å². The SMILES string of the molecule is O=[n+]1c(C(O)CO)nn([O-])c2ccccc21. The molecule has 7 nitrogen and oxygen atoms in total. The summed E-state index contributed by atoms with van der Waals surface area (Å²) in [5, 5.41) is 32.8. The van der Waals surface area contributed by atoms with E-state index in [2.05, 4.69) is 5.10 Å². The molecule has 0 spiro atoms. The van der Waals surface area contributed by atoms with E-state index in [1.54, 1.807) is 12.1 Å². The Morgan fingerprint density at radius 1 is 1.50 bits per heavy atom. The van der Waals surface area contributed by atoms with Gasteiger partial charge in [-0.15, -0.1) is 0 Å². The molecular formula is C9H9N3O4. The minimum Gasteiger partial charge on any atom is -0.772 e. The lowest BCUT2D eigenvalue weighted by molar-refractivity contribution is -0.488. The molecule has 0 saturated heterocycles. The maximum absolute atomic E-state index is 11.7. The molecule has 1 aromatic heterocycles. The lowest BCUT2D eigenvalue weighted by Crippen LogP contribution is -2.30. The third kappa shape index (κ3) is 1.51. The smallest absolute Gasteiger partial charge is 0.397 e. The van der Waals surface area contributed by atoms with Crippen LogP contribution in [0, 0.1) is 10.1 Å². The molecule has 2 aromatic rings. The van der Waals surface area contributed by atoms with Crippen molar-refractivity contribution in [3.05, 3.63) is 40.2 Å². The summed E-state index contributed by atoms with van der Waals surface area (Å²) in [6.07, 6.45) is -1.47. The molecule has 0 amide bonds. The van der Waals surface area contributed by atoms with E-state index in [1.807, 2.05) is 0 Å². The highest BCUT2D eigenvalue weighted by Crippen LogP contribution is 2.10. The largest absolute Gasteiger partial charge is 0.772 e. The molecule has 1 atom stereocenters. The van der Waals surface area contributed by atoms with E-state index >= 15 is 0 Å². The minimum absolute atomic E-state index is 0.0926. The van der Waals surface area contributed by atoms with Gasteiger partial charge in [0.15, 0.2) is 6.10 Å². The lowest BCUT2D eigenvalue weighted by Gasteiger charge is -2.07. The van der Waals surface area contributed by atoms with Gasteiger partial charge in [0.1, 0.15) is 5.52 Å². The highest BCUT2D eigenvalue weighted by Gasteiger charge is 2.24. The quantitative estimate of drug-likeness (QED) is 0.656. The van der Waals surface area contributed by atoms with Crippen LogP contribution in [0.5, 0.6) is 0 Å². The second kappa shape index (κ2) is 3.87. The number of hydrogen-bond acceptors (Lipinski definition) is 5. The van der Waals surface area contributed by atoms with Gasteiger partial charge >= 0.3 is 5.82 Å². The Morgan fingerprint density at radius 3 is 2.88 bits per heavy atom. The second-order valence-electron chi connectivity index (χ2n) is 3.21. The number of nitrogens with zero attached hydrogens (tertiary/aromatic N) is 3. The highest BCUT2D eigenvalue weighted by atomic mass is 16.5. The van der Waals surface area contributed by atoms with Crippen molar-refractivity contribution >= 4 is 11.0 Å². The molecule has 7 heteroatoms. The summed E-state index contributed by atoms with van der Waals surface area (Å²) < 4.78 is 0.338. The normalized spacial score (nSPS) is 12.9. The summed E-state index contributed by atoms with van der Waals surface area (Å²) in [6, 6.07) is 6.07. The van der Waals surface area contributed by atoms with Crippen LogP contribution in [-0.2, 0) is 0 Å². The molecule has 2 N–H and O–H groups in total. The summed E-state index contributed by atoms with van der Waals surface area (Å²) in [6.45, 7) is -0.673. The molecule has 1 unspecified atom stereocenters. The Labute approximate surface area is 89.4 Å². The van der Waals surface area contributed by atoms with E-state index in [9.17, 15) is 15.2 Å². The number of hydrogen-bond donors (Lipinski definition) is 2. The molecule has 1 aromatic carbocycles. The van der Waals surface area contributed by atoms with Crippen molar-refractivity contribution in [3.8, 4) is 0 Å². The summed E-state index contributed by atoms with van der Waals surface area (Å²) in [4.78, 5) is 12.0. The van der Waals surface area contributed by atoms with Crippen LogP contribution in [0.2, 0.25) is 0 Å². The molecule has 1 heterocycles. The first-order valence-electron chi connectivity index (χ1n) is 4.56. The van der Waals surface area contributed by atoms with Crippen LogP contribution in [0.3, 0.4) is 0 Å². The Morgan fingerprint density at radius 2 is 2.19 bits per heavy atom. The topological polar surface area (TPSA) is 104 Å². The molecule has 0 fully saturated rings. The number of aromatic nitrogens is 3. The number of aliphatic hydroxyl groups excluding tert-OH is 2. The van der Waals surface area contributed by atoms with Crippen molar-refractivity contribution in [1.82, 2.24) is 9.94 Å². The fourth-order valence-electron chi connectivity index (χ4n) is 1.39. The predicted octanol–water partition coefficient (Wildman–Crippen LogP) is -0.678. The van der Waals surface area contributed by atoms with Crippen molar-refractivity contribution in [2.45, 2.75) is 6.10 Å². The Balaban J connectivity index is 2.81. The van der Waals surface area contributed by atoms with Gasteiger partial charge in [-0.1, -0.05) is 17.0 Å².